The van der Waals surface area contributed by atoms with Crippen LogP contribution in [0.1, 0.15) is 23.7 Å². The van der Waals surface area contributed by atoms with Crippen LogP contribution in [-0.4, -0.2) is 37.1 Å². The highest BCUT2D eigenvalue weighted by Crippen LogP contribution is 2.12. The van der Waals surface area contributed by atoms with Crippen LogP contribution in [0, 0.1) is 0 Å². The molecule has 6 nitrogen and oxygen atoms in total. The monoisotopic (exact) mass is 277 g/mol. The molecular formula is C14H19N3O3. The minimum atomic E-state index is -0.295. The average Bonchev–Trinajstić information content (AvgIpc) is 2.82. The second-order valence-electron chi connectivity index (χ2n) is 4.84. The highest BCUT2D eigenvalue weighted by Gasteiger charge is 2.25. The molecule has 2 unspecified atom stereocenters. The van der Waals surface area contributed by atoms with E-state index >= 15 is 0 Å². The highest BCUT2D eigenvalue weighted by atomic mass is 16.5. The molecule has 6 heteroatoms. The average molecular weight is 277 g/mol. The fourth-order valence-electron chi connectivity index (χ4n) is 2.08. The molecule has 2 amide bonds. The standard InChI is InChI=1S/C14H19N3O3/c1-9-12(6-7-20-9)17-13(18)8-16-14(19)10-2-4-11(15)5-3-10/h2-5,9,12H,6-8,15H2,1H3,(H,16,19)(H,17,18). The van der Waals surface area contributed by atoms with Gasteiger partial charge in [-0.15, -0.1) is 0 Å². The molecule has 2 atom stereocenters. The Hall–Kier alpha value is -2.08. The summed E-state index contributed by atoms with van der Waals surface area (Å²) >= 11 is 0. The predicted molar refractivity (Wildman–Crippen MR) is 75.1 cm³/mol. The van der Waals surface area contributed by atoms with Gasteiger partial charge < -0.3 is 21.1 Å². The molecule has 1 fully saturated rings. The minimum Gasteiger partial charge on any atom is -0.399 e. The van der Waals surface area contributed by atoms with Crippen molar-refractivity contribution in [1.29, 1.82) is 0 Å². The quantitative estimate of drug-likeness (QED) is 0.690. The van der Waals surface area contributed by atoms with Gasteiger partial charge >= 0.3 is 0 Å². The van der Waals surface area contributed by atoms with E-state index in [4.69, 9.17) is 10.5 Å². The molecule has 108 valence electrons. The van der Waals surface area contributed by atoms with Crippen molar-refractivity contribution in [3.05, 3.63) is 29.8 Å². The van der Waals surface area contributed by atoms with Crippen molar-refractivity contribution in [3.8, 4) is 0 Å². The first-order chi connectivity index (χ1) is 9.56. The Morgan fingerprint density at radius 1 is 1.35 bits per heavy atom. The Morgan fingerprint density at radius 3 is 2.65 bits per heavy atom. The number of carbonyl (C=O) groups is 2. The van der Waals surface area contributed by atoms with Crippen LogP contribution in [0.2, 0.25) is 0 Å². The van der Waals surface area contributed by atoms with E-state index in [0.717, 1.165) is 6.42 Å². The summed E-state index contributed by atoms with van der Waals surface area (Å²) < 4.78 is 5.36. The summed E-state index contributed by atoms with van der Waals surface area (Å²) in [4.78, 5) is 23.5. The topological polar surface area (TPSA) is 93.5 Å². The third-order valence-corrected chi connectivity index (χ3v) is 3.30. The first kappa shape index (κ1) is 14.3. The van der Waals surface area contributed by atoms with E-state index in [-0.39, 0.29) is 30.5 Å². The van der Waals surface area contributed by atoms with E-state index in [0.29, 0.717) is 17.9 Å². The maximum Gasteiger partial charge on any atom is 0.251 e. The zero-order valence-corrected chi connectivity index (χ0v) is 11.4. The maximum atomic E-state index is 11.8. The molecule has 0 aliphatic carbocycles. The van der Waals surface area contributed by atoms with E-state index in [1.165, 1.54) is 0 Å². The molecule has 20 heavy (non-hydrogen) atoms. The van der Waals surface area contributed by atoms with Gasteiger partial charge in [0, 0.05) is 17.9 Å². The number of amides is 2. The number of nitrogens with one attached hydrogen (secondary N) is 2. The van der Waals surface area contributed by atoms with E-state index < -0.39 is 0 Å². The van der Waals surface area contributed by atoms with Crippen LogP contribution < -0.4 is 16.4 Å². The third kappa shape index (κ3) is 3.71. The molecule has 1 aromatic rings. The van der Waals surface area contributed by atoms with Gasteiger partial charge in [-0.3, -0.25) is 9.59 Å². The first-order valence-corrected chi connectivity index (χ1v) is 6.61. The molecule has 1 heterocycles. The fourth-order valence-corrected chi connectivity index (χ4v) is 2.08. The van der Waals surface area contributed by atoms with Crippen LogP contribution >= 0.6 is 0 Å². The fraction of sp³-hybridized carbons (Fsp3) is 0.429. The maximum absolute atomic E-state index is 11.8. The smallest absolute Gasteiger partial charge is 0.251 e. The molecule has 1 aliphatic rings. The lowest BCUT2D eigenvalue weighted by Crippen LogP contribution is -2.44. The number of hydrogen-bond acceptors (Lipinski definition) is 4. The molecule has 1 aromatic carbocycles. The Labute approximate surface area is 117 Å². The van der Waals surface area contributed by atoms with Crippen molar-refractivity contribution < 1.29 is 14.3 Å². The van der Waals surface area contributed by atoms with Gasteiger partial charge in [0.2, 0.25) is 5.91 Å². The van der Waals surface area contributed by atoms with Gasteiger partial charge in [0.05, 0.1) is 18.7 Å². The Morgan fingerprint density at radius 2 is 2.05 bits per heavy atom. The minimum absolute atomic E-state index is 0.0201. The van der Waals surface area contributed by atoms with E-state index in [1.807, 2.05) is 6.92 Å². The largest absolute Gasteiger partial charge is 0.399 e. The van der Waals surface area contributed by atoms with E-state index in [9.17, 15) is 9.59 Å². The van der Waals surface area contributed by atoms with Crippen LogP contribution in [0.25, 0.3) is 0 Å². The van der Waals surface area contributed by atoms with Gasteiger partial charge in [-0.05, 0) is 37.6 Å². The van der Waals surface area contributed by atoms with Gasteiger partial charge in [0.1, 0.15) is 0 Å². The summed E-state index contributed by atoms with van der Waals surface area (Å²) in [6.45, 7) is 2.53. The van der Waals surface area contributed by atoms with Gasteiger partial charge in [-0.1, -0.05) is 0 Å². The predicted octanol–water partition coefficient (Wildman–Crippen LogP) is 0.292. The summed E-state index contributed by atoms with van der Waals surface area (Å²) in [5.74, 6) is -0.507. The molecule has 0 bridgehead atoms. The summed E-state index contributed by atoms with van der Waals surface area (Å²) in [5, 5.41) is 5.42. The van der Waals surface area contributed by atoms with E-state index in [2.05, 4.69) is 10.6 Å². The van der Waals surface area contributed by atoms with Crippen molar-refractivity contribution in [2.24, 2.45) is 0 Å². The zero-order valence-electron chi connectivity index (χ0n) is 11.4. The molecule has 2 rings (SSSR count). The molecule has 0 saturated carbocycles. The van der Waals surface area contributed by atoms with Crippen LogP contribution in [0.5, 0.6) is 0 Å². The number of nitrogen functional groups attached to an aromatic ring is 1. The Balaban J connectivity index is 1.78. The van der Waals surface area contributed by atoms with Crippen molar-refractivity contribution in [2.45, 2.75) is 25.5 Å². The number of carbonyl (C=O) groups excluding carboxylic acids is 2. The van der Waals surface area contributed by atoms with Crippen molar-refractivity contribution in [2.75, 3.05) is 18.9 Å². The van der Waals surface area contributed by atoms with Crippen LogP contribution in [0.3, 0.4) is 0 Å². The molecule has 1 aliphatic heterocycles. The van der Waals surface area contributed by atoms with Crippen molar-refractivity contribution >= 4 is 17.5 Å². The molecule has 0 spiro atoms. The SMILES string of the molecule is CC1OCCC1NC(=O)CNC(=O)c1ccc(N)cc1. The normalized spacial score (nSPS) is 21.4. The summed E-state index contributed by atoms with van der Waals surface area (Å²) in [6, 6.07) is 6.56. The van der Waals surface area contributed by atoms with Crippen molar-refractivity contribution in [1.82, 2.24) is 10.6 Å². The van der Waals surface area contributed by atoms with Crippen LogP contribution in [0.4, 0.5) is 5.69 Å². The third-order valence-electron chi connectivity index (χ3n) is 3.30. The van der Waals surface area contributed by atoms with Gasteiger partial charge in [0.15, 0.2) is 0 Å². The summed E-state index contributed by atoms with van der Waals surface area (Å²) in [5.41, 5.74) is 6.61. The molecule has 1 saturated heterocycles. The lowest BCUT2D eigenvalue weighted by Gasteiger charge is -2.16. The van der Waals surface area contributed by atoms with Crippen molar-refractivity contribution in [3.63, 3.8) is 0 Å². The first-order valence-electron chi connectivity index (χ1n) is 6.61. The number of ether oxygens (including phenoxy) is 1. The lowest BCUT2D eigenvalue weighted by molar-refractivity contribution is -0.121. The second-order valence-corrected chi connectivity index (χ2v) is 4.84. The Bertz CT molecular complexity index is 487. The zero-order chi connectivity index (χ0) is 14.5. The molecule has 0 radical (unpaired) electrons. The summed E-state index contributed by atoms with van der Waals surface area (Å²) in [7, 11) is 0. The molecule has 4 N–H and O–H groups in total. The lowest BCUT2D eigenvalue weighted by atomic mass is 10.1. The number of benzene rings is 1. The van der Waals surface area contributed by atoms with Gasteiger partial charge in [-0.2, -0.15) is 0 Å². The number of rotatable bonds is 4. The van der Waals surface area contributed by atoms with Crippen LogP contribution in [0.15, 0.2) is 24.3 Å². The van der Waals surface area contributed by atoms with Gasteiger partial charge in [0.25, 0.3) is 5.91 Å². The van der Waals surface area contributed by atoms with Crippen LogP contribution in [-0.2, 0) is 9.53 Å². The second kappa shape index (κ2) is 6.38. The van der Waals surface area contributed by atoms with E-state index in [1.54, 1.807) is 24.3 Å². The molecule has 0 aromatic heterocycles. The Kier molecular flexibility index (Phi) is 4.57. The highest BCUT2D eigenvalue weighted by molar-refractivity contribution is 5.96. The number of hydrogen-bond donors (Lipinski definition) is 3. The number of nitrogens with two attached hydrogens (primary N) is 1. The summed E-state index contributed by atoms with van der Waals surface area (Å²) in [6.07, 6.45) is 0.825. The number of anilines is 1. The van der Waals surface area contributed by atoms with Gasteiger partial charge in [-0.25, -0.2) is 0 Å². The molecular weight excluding hydrogens is 258 g/mol.